The SMILES string of the molecule is COc1ccc2cc3n(c2c1)C[C@@](C)(C(=O)NC1CCCCC1)N(c1ccc(OC)c(OC)c1)C3=O. The van der Waals surface area contributed by atoms with Gasteiger partial charge in [0, 0.05) is 29.2 Å². The van der Waals surface area contributed by atoms with Crippen LogP contribution in [0.25, 0.3) is 10.9 Å². The van der Waals surface area contributed by atoms with Crippen molar-refractivity contribution in [3.8, 4) is 17.2 Å². The van der Waals surface area contributed by atoms with Gasteiger partial charge in [0.05, 0.1) is 33.4 Å². The molecule has 0 radical (unpaired) electrons. The lowest BCUT2D eigenvalue weighted by Gasteiger charge is -2.44. The standard InChI is InChI=1S/C28H33N3O5/c1-28(27(33)29-19-8-6-5-7-9-19)17-30-22-16-21(34-2)12-10-18(22)14-23(30)26(32)31(28)20-11-13-24(35-3)25(15-20)36-4/h10-16,19H,5-9,17H2,1-4H3,(H,29,33)/t28-/m0/s1. The molecule has 8 nitrogen and oxygen atoms in total. The number of aromatic nitrogens is 1. The number of methoxy groups -OCH3 is 3. The van der Waals surface area contributed by atoms with E-state index in [2.05, 4.69) is 5.32 Å². The molecule has 1 aliphatic heterocycles. The average Bonchev–Trinajstić information content (AvgIpc) is 3.26. The van der Waals surface area contributed by atoms with Gasteiger partial charge in [0.2, 0.25) is 5.91 Å². The van der Waals surface area contributed by atoms with E-state index in [-0.39, 0.29) is 17.9 Å². The molecule has 0 bridgehead atoms. The molecular formula is C28H33N3O5. The molecule has 0 spiro atoms. The van der Waals surface area contributed by atoms with Gasteiger partial charge >= 0.3 is 0 Å². The van der Waals surface area contributed by atoms with Crippen LogP contribution in [-0.4, -0.2) is 49.3 Å². The molecule has 190 valence electrons. The van der Waals surface area contributed by atoms with Crippen molar-refractivity contribution in [1.82, 2.24) is 9.88 Å². The lowest BCUT2D eigenvalue weighted by Crippen LogP contribution is -2.65. The number of fused-ring (bicyclic) bond motifs is 3. The van der Waals surface area contributed by atoms with Gasteiger partial charge in [-0.25, -0.2) is 0 Å². The van der Waals surface area contributed by atoms with Crippen molar-refractivity contribution in [2.45, 2.75) is 57.2 Å². The van der Waals surface area contributed by atoms with Crippen LogP contribution in [0.2, 0.25) is 0 Å². The number of carbonyl (C=O) groups excluding carboxylic acids is 2. The molecule has 8 heteroatoms. The van der Waals surface area contributed by atoms with E-state index in [1.54, 1.807) is 44.4 Å². The van der Waals surface area contributed by atoms with Gasteiger partial charge in [-0.05, 0) is 50.1 Å². The number of anilines is 1. The van der Waals surface area contributed by atoms with Crippen LogP contribution in [0.4, 0.5) is 5.69 Å². The highest BCUT2D eigenvalue weighted by molar-refractivity contribution is 6.14. The number of ether oxygens (including phenoxy) is 3. The summed E-state index contributed by atoms with van der Waals surface area (Å²) in [5, 5.41) is 4.19. The summed E-state index contributed by atoms with van der Waals surface area (Å²) in [6, 6.07) is 13.0. The third kappa shape index (κ3) is 3.94. The Morgan fingerprint density at radius 3 is 2.39 bits per heavy atom. The highest BCUT2D eigenvalue weighted by Crippen LogP contribution is 2.40. The summed E-state index contributed by atoms with van der Waals surface area (Å²) in [4.78, 5) is 29.7. The van der Waals surface area contributed by atoms with Gasteiger partial charge < -0.3 is 24.1 Å². The molecule has 5 rings (SSSR count). The van der Waals surface area contributed by atoms with Gasteiger partial charge in [0.1, 0.15) is 17.0 Å². The molecular weight excluding hydrogens is 458 g/mol. The lowest BCUT2D eigenvalue weighted by atomic mass is 9.91. The second-order valence-corrected chi connectivity index (χ2v) is 9.80. The number of benzene rings is 2. The van der Waals surface area contributed by atoms with Crippen LogP contribution >= 0.6 is 0 Å². The molecule has 36 heavy (non-hydrogen) atoms. The highest BCUT2D eigenvalue weighted by atomic mass is 16.5. The molecule has 1 aromatic heterocycles. The summed E-state index contributed by atoms with van der Waals surface area (Å²) in [6.07, 6.45) is 5.32. The predicted molar refractivity (Wildman–Crippen MR) is 138 cm³/mol. The van der Waals surface area contributed by atoms with Crippen molar-refractivity contribution >= 4 is 28.4 Å². The molecule has 1 N–H and O–H groups in total. The van der Waals surface area contributed by atoms with E-state index >= 15 is 0 Å². The Balaban J connectivity index is 1.64. The van der Waals surface area contributed by atoms with Crippen molar-refractivity contribution in [1.29, 1.82) is 0 Å². The second-order valence-electron chi connectivity index (χ2n) is 9.80. The van der Waals surface area contributed by atoms with Crippen molar-refractivity contribution in [2.75, 3.05) is 26.2 Å². The van der Waals surface area contributed by atoms with Crippen molar-refractivity contribution in [3.05, 3.63) is 48.2 Å². The van der Waals surface area contributed by atoms with E-state index in [1.807, 2.05) is 35.8 Å². The zero-order chi connectivity index (χ0) is 25.4. The van der Waals surface area contributed by atoms with E-state index in [0.29, 0.717) is 35.2 Å². The van der Waals surface area contributed by atoms with E-state index in [9.17, 15) is 9.59 Å². The van der Waals surface area contributed by atoms with Gasteiger partial charge in [0.25, 0.3) is 5.91 Å². The largest absolute Gasteiger partial charge is 0.497 e. The number of carbonyl (C=O) groups is 2. The van der Waals surface area contributed by atoms with E-state index in [4.69, 9.17) is 14.2 Å². The fourth-order valence-corrected chi connectivity index (χ4v) is 5.55. The predicted octanol–water partition coefficient (Wildman–Crippen LogP) is 4.54. The first kappa shape index (κ1) is 24.0. The number of amides is 2. The molecule has 1 aliphatic carbocycles. The number of nitrogens with one attached hydrogen (secondary N) is 1. The minimum Gasteiger partial charge on any atom is -0.497 e. The van der Waals surface area contributed by atoms with Gasteiger partial charge in [-0.2, -0.15) is 0 Å². The molecule has 3 aromatic rings. The van der Waals surface area contributed by atoms with Gasteiger partial charge in [-0.15, -0.1) is 0 Å². The Morgan fingerprint density at radius 2 is 1.69 bits per heavy atom. The van der Waals surface area contributed by atoms with Crippen molar-refractivity contribution in [2.24, 2.45) is 0 Å². The smallest absolute Gasteiger partial charge is 0.275 e. The minimum atomic E-state index is -1.17. The number of hydrogen-bond donors (Lipinski definition) is 1. The third-order valence-electron chi connectivity index (χ3n) is 7.55. The summed E-state index contributed by atoms with van der Waals surface area (Å²) in [6.45, 7) is 2.15. The van der Waals surface area contributed by atoms with Crippen LogP contribution in [0.3, 0.4) is 0 Å². The van der Waals surface area contributed by atoms with Gasteiger partial charge in [0.15, 0.2) is 11.5 Å². The molecule has 2 amide bonds. The van der Waals surface area contributed by atoms with Gasteiger partial charge in [-0.1, -0.05) is 19.3 Å². The first-order valence-corrected chi connectivity index (χ1v) is 12.4. The molecule has 2 heterocycles. The van der Waals surface area contributed by atoms with Crippen molar-refractivity contribution in [3.63, 3.8) is 0 Å². The Labute approximate surface area is 211 Å². The molecule has 2 aromatic carbocycles. The summed E-state index contributed by atoms with van der Waals surface area (Å²) in [5.74, 6) is 1.35. The molecule has 1 atom stereocenters. The monoisotopic (exact) mass is 491 g/mol. The van der Waals surface area contributed by atoms with E-state index < -0.39 is 5.54 Å². The van der Waals surface area contributed by atoms with Crippen LogP contribution in [0.5, 0.6) is 17.2 Å². The Morgan fingerprint density at radius 1 is 0.944 bits per heavy atom. The summed E-state index contributed by atoms with van der Waals surface area (Å²) in [7, 11) is 4.74. The minimum absolute atomic E-state index is 0.119. The molecule has 1 saturated carbocycles. The van der Waals surface area contributed by atoms with E-state index in [0.717, 1.165) is 36.6 Å². The van der Waals surface area contributed by atoms with Crippen LogP contribution < -0.4 is 24.4 Å². The molecule has 0 unspecified atom stereocenters. The topological polar surface area (TPSA) is 82.0 Å². The maximum Gasteiger partial charge on any atom is 0.275 e. The first-order chi connectivity index (χ1) is 17.4. The fraction of sp³-hybridized carbons (Fsp3) is 0.429. The number of nitrogens with zero attached hydrogens (tertiary/aromatic N) is 2. The molecule has 2 aliphatic rings. The zero-order valence-electron chi connectivity index (χ0n) is 21.3. The Bertz CT molecular complexity index is 1310. The Kier molecular flexibility index (Phi) is 6.28. The molecule has 1 fully saturated rings. The summed E-state index contributed by atoms with van der Waals surface area (Å²) >= 11 is 0. The number of rotatable bonds is 6. The first-order valence-electron chi connectivity index (χ1n) is 12.4. The lowest BCUT2D eigenvalue weighted by molar-refractivity contribution is -0.127. The van der Waals surface area contributed by atoms with Crippen molar-refractivity contribution < 1.29 is 23.8 Å². The van der Waals surface area contributed by atoms with Crippen LogP contribution in [0.1, 0.15) is 49.5 Å². The highest BCUT2D eigenvalue weighted by Gasteiger charge is 2.49. The maximum atomic E-state index is 14.1. The normalized spacial score (nSPS) is 20.2. The maximum absolute atomic E-state index is 14.1. The summed E-state index contributed by atoms with van der Waals surface area (Å²) < 4.78 is 18.3. The Hall–Kier alpha value is -3.68. The third-order valence-corrected chi connectivity index (χ3v) is 7.55. The van der Waals surface area contributed by atoms with Crippen LogP contribution in [0, 0.1) is 0 Å². The number of hydrogen-bond acceptors (Lipinski definition) is 5. The fourth-order valence-electron chi connectivity index (χ4n) is 5.55. The van der Waals surface area contributed by atoms with Crippen LogP contribution in [-0.2, 0) is 11.3 Å². The zero-order valence-corrected chi connectivity index (χ0v) is 21.3. The molecule has 0 saturated heterocycles. The second kappa shape index (κ2) is 9.41. The van der Waals surface area contributed by atoms with Gasteiger partial charge in [-0.3, -0.25) is 14.5 Å². The van der Waals surface area contributed by atoms with Crippen LogP contribution in [0.15, 0.2) is 42.5 Å². The van der Waals surface area contributed by atoms with E-state index in [1.165, 1.54) is 6.42 Å². The quantitative estimate of drug-likeness (QED) is 0.548. The average molecular weight is 492 g/mol. The summed E-state index contributed by atoms with van der Waals surface area (Å²) in [5.41, 5.74) is 0.793.